The topological polar surface area (TPSA) is 44.9 Å². The van der Waals surface area contributed by atoms with Gasteiger partial charge in [0.15, 0.2) is 0 Å². The number of anilines is 1. The van der Waals surface area contributed by atoms with Gasteiger partial charge in [0.2, 0.25) is 0 Å². The fourth-order valence-corrected chi connectivity index (χ4v) is 1.63. The summed E-state index contributed by atoms with van der Waals surface area (Å²) in [5.41, 5.74) is -0.179. The fraction of sp³-hybridized carbons (Fsp3) is 0.0769. The molecule has 0 aliphatic heterocycles. The lowest BCUT2D eigenvalue weighted by atomic mass is 10.1. The number of carbonyl (C=O) groups excluding carboxylic acids is 1. The number of aromatic amines is 1. The molecule has 1 heterocycles. The molecule has 3 nitrogen and oxygen atoms in total. The Balaban J connectivity index is 2.13. The van der Waals surface area contributed by atoms with Gasteiger partial charge in [-0.25, -0.2) is 0 Å². The van der Waals surface area contributed by atoms with Gasteiger partial charge >= 0.3 is 6.18 Å². The van der Waals surface area contributed by atoms with E-state index in [9.17, 15) is 18.0 Å². The van der Waals surface area contributed by atoms with E-state index in [1.807, 2.05) is 0 Å². The van der Waals surface area contributed by atoms with Crippen molar-refractivity contribution in [3.05, 3.63) is 58.4 Å². The minimum Gasteiger partial charge on any atom is -0.351 e. The summed E-state index contributed by atoms with van der Waals surface area (Å²) in [4.78, 5) is 14.6. The molecule has 0 aliphatic rings. The number of rotatable bonds is 2. The number of benzene rings is 1. The number of alkyl halides is 3. The summed E-state index contributed by atoms with van der Waals surface area (Å²) in [7, 11) is 0. The highest BCUT2D eigenvalue weighted by molar-refractivity contribution is 7.71. The Kier molecular flexibility index (Phi) is 3.89. The number of hydrogen-bond acceptors (Lipinski definition) is 2. The Labute approximate surface area is 117 Å². The lowest BCUT2D eigenvalue weighted by Crippen LogP contribution is -2.13. The lowest BCUT2D eigenvalue weighted by molar-refractivity contribution is -0.137. The predicted molar refractivity (Wildman–Crippen MR) is 71.0 cm³/mol. The number of carbonyl (C=O) groups is 1. The minimum atomic E-state index is -4.41. The number of pyridine rings is 1. The van der Waals surface area contributed by atoms with Gasteiger partial charge in [0.05, 0.1) is 11.3 Å². The van der Waals surface area contributed by atoms with Crippen molar-refractivity contribution in [2.75, 3.05) is 5.32 Å². The smallest absolute Gasteiger partial charge is 0.351 e. The molecule has 1 amide bonds. The van der Waals surface area contributed by atoms with Crippen molar-refractivity contribution in [1.29, 1.82) is 0 Å². The summed E-state index contributed by atoms with van der Waals surface area (Å²) in [6.07, 6.45) is -2.91. The van der Waals surface area contributed by atoms with E-state index in [0.717, 1.165) is 24.3 Å². The molecule has 1 aromatic carbocycles. The van der Waals surface area contributed by atoms with Gasteiger partial charge < -0.3 is 10.3 Å². The quantitative estimate of drug-likeness (QED) is 0.823. The molecule has 0 atom stereocenters. The van der Waals surface area contributed by atoms with Gasteiger partial charge in [0.25, 0.3) is 5.91 Å². The first-order chi connectivity index (χ1) is 9.36. The van der Waals surface area contributed by atoms with Gasteiger partial charge in [-0.05, 0) is 36.4 Å². The Hall–Kier alpha value is -2.15. The molecule has 2 aromatic rings. The molecule has 20 heavy (non-hydrogen) atoms. The van der Waals surface area contributed by atoms with E-state index in [0.29, 0.717) is 10.3 Å². The Morgan fingerprint density at radius 2 is 1.75 bits per heavy atom. The van der Waals surface area contributed by atoms with Gasteiger partial charge in [-0.15, -0.1) is 0 Å². The van der Waals surface area contributed by atoms with Crippen molar-refractivity contribution in [1.82, 2.24) is 4.98 Å². The first-order valence-corrected chi connectivity index (χ1v) is 5.94. The average Bonchev–Trinajstić information content (AvgIpc) is 2.40. The molecule has 0 unspecified atom stereocenters. The molecule has 0 bridgehead atoms. The summed E-state index contributed by atoms with van der Waals surface area (Å²) >= 11 is 4.85. The second kappa shape index (κ2) is 5.46. The monoisotopic (exact) mass is 298 g/mol. The van der Waals surface area contributed by atoms with Crippen LogP contribution in [0.3, 0.4) is 0 Å². The van der Waals surface area contributed by atoms with Crippen LogP contribution in [-0.4, -0.2) is 10.9 Å². The van der Waals surface area contributed by atoms with Crippen molar-refractivity contribution in [3.8, 4) is 0 Å². The van der Waals surface area contributed by atoms with Crippen LogP contribution in [0.25, 0.3) is 0 Å². The molecule has 2 rings (SSSR count). The van der Waals surface area contributed by atoms with Gasteiger partial charge in [0.1, 0.15) is 4.64 Å². The third-order valence-electron chi connectivity index (χ3n) is 2.52. The fourth-order valence-electron chi connectivity index (χ4n) is 1.50. The van der Waals surface area contributed by atoms with Crippen molar-refractivity contribution >= 4 is 23.8 Å². The molecule has 0 saturated carbocycles. The van der Waals surface area contributed by atoms with Crippen LogP contribution >= 0.6 is 12.2 Å². The minimum absolute atomic E-state index is 0.139. The summed E-state index contributed by atoms with van der Waals surface area (Å²) in [6, 6.07) is 7.19. The molecule has 1 aromatic heterocycles. The summed E-state index contributed by atoms with van der Waals surface area (Å²) in [5, 5.41) is 2.55. The third-order valence-corrected chi connectivity index (χ3v) is 2.77. The van der Waals surface area contributed by atoms with Gasteiger partial charge in [-0.3, -0.25) is 4.79 Å². The number of aromatic nitrogens is 1. The maximum atomic E-state index is 12.4. The van der Waals surface area contributed by atoms with Crippen LogP contribution in [0.5, 0.6) is 0 Å². The second-order valence-corrected chi connectivity index (χ2v) is 4.41. The third kappa shape index (κ3) is 3.45. The van der Waals surface area contributed by atoms with E-state index in [4.69, 9.17) is 12.2 Å². The molecule has 7 heteroatoms. The zero-order valence-electron chi connectivity index (χ0n) is 9.99. The van der Waals surface area contributed by atoms with Gasteiger partial charge in [-0.1, -0.05) is 12.2 Å². The van der Waals surface area contributed by atoms with Gasteiger partial charge in [0, 0.05) is 11.8 Å². The van der Waals surface area contributed by atoms with E-state index < -0.39 is 17.6 Å². The molecule has 0 aliphatic carbocycles. The van der Waals surface area contributed by atoms with Crippen LogP contribution < -0.4 is 5.32 Å². The molecule has 104 valence electrons. The van der Waals surface area contributed by atoms with E-state index in [1.54, 1.807) is 12.1 Å². The van der Waals surface area contributed by atoms with Crippen molar-refractivity contribution in [3.63, 3.8) is 0 Å². The maximum Gasteiger partial charge on any atom is 0.416 e. The van der Waals surface area contributed by atoms with E-state index in [-0.39, 0.29) is 5.56 Å². The van der Waals surface area contributed by atoms with Crippen LogP contribution in [0, 0.1) is 4.64 Å². The van der Waals surface area contributed by atoms with Crippen LogP contribution in [0.15, 0.2) is 42.6 Å². The SMILES string of the molecule is O=C(Nc1ccc(=S)[nH]c1)c1ccc(C(F)(F)F)cc1. The molecule has 2 N–H and O–H groups in total. The van der Waals surface area contributed by atoms with Gasteiger partial charge in [-0.2, -0.15) is 13.2 Å². The Morgan fingerprint density at radius 1 is 1.10 bits per heavy atom. The van der Waals surface area contributed by atoms with Crippen LogP contribution in [-0.2, 0) is 6.18 Å². The second-order valence-electron chi connectivity index (χ2n) is 3.97. The predicted octanol–water partition coefficient (Wildman–Crippen LogP) is 4.02. The highest BCUT2D eigenvalue weighted by Crippen LogP contribution is 2.29. The van der Waals surface area contributed by atoms with Crippen molar-refractivity contribution < 1.29 is 18.0 Å². The van der Waals surface area contributed by atoms with Crippen molar-refractivity contribution in [2.45, 2.75) is 6.18 Å². The highest BCUT2D eigenvalue weighted by atomic mass is 32.1. The molecular formula is C13H9F3N2OS. The molecule has 0 saturated heterocycles. The zero-order valence-corrected chi connectivity index (χ0v) is 10.8. The van der Waals surface area contributed by atoms with Crippen LogP contribution in [0.4, 0.5) is 18.9 Å². The highest BCUT2D eigenvalue weighted by Gasteiger charge is 2.30. The first-order valence-electron chi connectivity index (χ1n) is 5.53. The van der Waals surface area contributed by atoms with Crippen molar-refractivity contribution in [2.24, 2.45) is 0 Å². The Bertz CT molecular complexity index is 657. The summed E-state index contributed by atoms with van der Waals surface area (Å²) in [6.45, 7) is 0. The number of amides is 1. The van der Waals surface area contributed by atoms with E-state index >= 15 is 0 Å². The Morgan fingerprint density at radius 3 is 2.25 bits per heavy atom. The molecule has 0 fully saturated rings. The standard InChI is InChI=1S/C13H9F3N2OS/c14-13(15,16)9-3-1-8(2-4-9)12(19)18-10-5-6-11(20)17-7-10/h1-7H,(H,17,20)(H,18,19). The normalized spacial score (nSPS) is 11.2. The van der Waals surface area contributed by atoms with E-state index in [2.05, 4.69) is 10.3 Å². The number of nitrogens with one attached hydrogen (secondary N) is 2. The molecule has 0 radical (unpaired) electrons. The number of hydrogen-bond donors (Lipinski definition) is 2. The summed E-state index contributed by atoms with van der Waals surface area (Å²) < 4.78 is 37.7. The summed E-state index contributed by atoms with van der Waals surface area (Å²) in [5.74, 6) is -0.496. The average molecular weight is 298 g/mol. The van der Waals surface area contributed by atoms with E-state index in [1.165, 1.54) is 6.20 Å². The zero-order chi connectivity index (χ0) is 14.8. The molecular weight excluding hydrogens is 289 g/mol. The van der Waals surface area contributed by atoms with Crippen LogP contribution in [0.1, 0.15) is 15.9 Å². The largest absolute Gasteiger partial charge is 0.416 e. The van der Waals surface area contributed by atoms with Crippen LogP contribution in [0.2, 0.25) is 0 Å². The number of H-pyrrole nitrogens is 1. The first kappa shape index (κ1) is 14.3. The maximum absolute atomic E-state index is 12.4. The molecule has 0 spiro atoms. The number of halogens is 3. The lowest BCUT2D eigenvalue weighted by Gasteiger charge is -2.08.